The molecule has 3 aromatic rings. The molecule has 16 heteroatoms. The van der Waals surface area contributed by atoms with Crippen LogP contribution in [0.15, 0.2) is 41.0 Å². The summed E-state index contributed by atoms with van der Waals surface area (Å²) >= 11 is 8.43. The van der Waals surface area contributed by atoms with Crippen LogP contribution in [0, 0.1) is 6.92 Å². The first-order valence-electron chi connectivity index (χ1n) is 10.8. The van der Waals surface area contributed by atoms with E-state index in [1.165, 1.54) is 23.8 Å². The Morgan fingerprint density at radius 3 is 2.89 bits per heavy atom. The minimum absolute atomic E-state index is 0.0255. The molecular formula is C21H20ClN8O5S2+. The molecule has 4 N–H and O–H groups in total. The van der Waals surface area contributed by atoms with Crippen LogP contribution in [0.25, 0.3) is 5.65 Å². The summed E-state index contributed by atoms with van der Waals surface area (Å²) in [5.41, 5.74) is 7.62. The van der Waals surface area contributed by atoms with E-state index in [4.69, 9.17) is 22.2 Å². The number of carbonyl (C=O) groups is 3. The van der Waals surface area contributed by atoms with Crippen molar-refractivity contribution in [3.8, 4) is 0 Å². The average Bonchev–Trinajstić information content (AvgIpc) is 3.43. The molecule has 0 aliphatic carbocycles. The quantitative estimate of drug-likeness (QED) is 0.159. The highest BCUT2D eigenvalue weighted by Crippen LogP contribution is 2.40. The Hall–Kier alpha value is -3.69. The Morgan fingerprint density at radius 1 is 1.43 bits per heavy atom. The number of nitrogen functional groups attached to an aromatic ring is 1. The smallest absolute Gasteiger partial charge is 0.352 e. The molecule has 1 fully saturated rings. The highest BCUT2D eigenvalue weighted by Gasteiger charge is 2.54. The van der Waals surface area contributed by atoms with Crippen LogP contribution in [-0.2, 0) is 25.8 Å². The zero-order chi connectivity index (χ0) is 26.4. The van der Waals surface area contributed by atoms with E-state index in [1.807, 2.05) is 29.7 Å². The van der Waals surface area contributed by atoms with Crippen molar-refractivity contribution in [2.24, 2.45) is 5.16 Å². The van der Waals surface area contributed by atoms with Crippen LogP contribution in [0.3, 0.4) is 0 Å². The third-order valence-corrected chi connectivity index (χ3v) is 8.28. The molecule has 2 amide bonds. The van der Waals surface area contributed by atoms with E-state index in [0.717, 1.165) is 22.7 Å². The summed E-state index contributed by atoms with van der Waals surface area (Å²) in [5, 5.41) is 20.2. The fraction of sp³-hybridized carbons (Fsp3) is 0.286. The molecule has 5 rings (SSSR count). The van der Waals surface area contributed by atoms with E-state index in [0.29, 0.717) is 11.3 Å². The van der Waals surface area contributed by atoms with Crippen molar-refractivity contribution in [2.75, 3.05) is 18.6 Å². The Kier molecular flexibility index (Phi) is 6.51. The number of aliphatic carboxylic acids is 1. The number of rotatable bonds is 7. The SMILES string of the molecule is CO/N=C(/C(=O)N[C@@H]1C(=O)N2C(C(=O)O)=C(C[n+]3cnn4c(C)cccc43)CS[C@H]12)c1nc(N)sc1Cl. The van der Waals surface area contributed by atoms with Crippen molar-refractivity contribution in [2.45, 2.75) is 24.9 Å². The maximum absolute atomic E-state index is 13.1. The Labute approximate surface area is 222 Å². The molecule has 192 valence electrons. The lowest BCUT2D eigenvalue weighted by molar-refractivity contribution is -0.664. The number of amides is 2. The number of hydrogen-bond donors (Lipinski definition) is 3. The standard InChI is InChI=1S/C21H19ClN8O5S2/c1-9-4-3-5-11-28(8-24-30(9)11)6-10-7-36-19-14(18(32)29(19)15(10)20(33)34)25-17(31)13(27-35-2)12-16(22)37-21(23)26-12/h3-5,8,14,19H,6-7H2,1-2H3,(H3-,23,25,26,31,33,34)/p+1/b27-13+/t14-,19-/m1/s1. The van der Waals surface area contributed by atoms with E-state index in [9.17, 15) is 19.5 Å². The minimum Gasteiger partial charge on any atom is -0.477 e. The molecule has 0 bridgehead atoms. The number of pyridine rings is 1. The van der Waals surface area contributed by atoms with E-state index >= 15 is 0 Å². The van der Waals surface area contributed by atoms with Gasteiger partial charge in [-0.05, 0) is 13.0 Å². The van der Waals surface area contributed by atoms with Crippen LogP contribution in [0.5, 0.6) is 0 Å². The highest BCUT2D eigenvalue weighted by molar-refractivity contribution is 8.00. The number of thioether (sulfide) groups is 1. The number of halogens is 1. The molecule has 1 saturated heterocycles. The second kappa shape index (κ2) is 9.64. The fourth-order valence-electron chi connectivity index (χ4n) is 4.22. The third kappa shape index (κ3) is 4.28. The molecule has 2 aliphatic heterocycles. The zero-order valence-electron chi connectivity index (χ0n) is 19.4. The molecule has 3 aromatic heterocycles. The maximum Gasteiger partial charge on any atom is 0.352 e. The molecule has 2 aliphatic rings. The van der Waals surface area contributed by atoms with Crippen LogP contribution in [0.2, 0.25) is 4.34 Å². The zero-order valence-corrected chi connectivity index (χ0v) is 21.8. The topological polar surface area (TPSA) is 168 Å². The van der Waals surface area contributed by atoms with E-state index in [-0.39, 0.29) is 33.1 Å². The van der Waals surface area contributed by atoms with Gasteiger partial charge >= 0.3 is 5.97 Å². The number of anilines is 1. The summed E-state index contributed by atoms with van der Waals surface area (Å²) in [5.74, 6) is -2.19. The predicted molar refractivity (Wildman–Crippen MR) is 135 cm³/mol. The highest BCUT2D eigenvalue weighted by atomic mass is 35.5. The maximum atomic E-state index is 13.1. The predicted octanol–water partition coefficient (Wildman–Crippen LogP) is 0.412. The van der Waals surface area contributed by atoms with Crippen molar-refractivity contribution in [3.05, 3.63) is 51.5 Å². The summed E-state index contributed by atoms with van der Waals surface area (Å²) in [7, 11) is 1.25. The largest absolute Gasteiger partial charge is 0.477 e. The van der Waals surface area contributed by atoms with Gasteiger partial charge in [-0.25, -0.2) is 14.3 Å². The number of thiazole rings is 1. The number of β-lactam (4-membered cyclic amide) rings is 1. The van der Waals surface area contributed by atoms with Crippen molar-refractivity contribution in [1.29, 1.82) is 0 Å². The molecule has 0 saturated carbocycles. The van der Waals surface area contributed by atoms with Gasteiger partial charge in [-0.15, -0.1) is 11.8 Å². The number of hydrogen-bond acceptors (Lipinski definition) is 10. The number of aromatic nitrogens is 4. The number of nitrogens with one attached hydrogen (secondary N) is 1. The number of aryl methyl sites for hydroxylation is 1. The Balaban J connectivity index is 1.38. The van der Waals surface area contributed by atoms with Gasteiger partial charge in [0.2, 0.25) is 0 Å². The van der Waals surface area contributed by atoms with Crippen molar-refractivity contribution in [1.82, 2.24) is 24.8 Å². The van der Waals surface area contributed by atoms with Crippen LogP contribution in [0.1, 0.15) is 11.4 Å². The summed E-state index contributed by atoms with van der Waals surface area (Å²) in [6.07, 6.45) is 1.62. The number of oxime groups is 1. The first-order valence-corrected chi connectivity index (χ1v) is 13.0. The van der Waals surface area contributed by atoms with Crippen molar-refractivity contribution >= 4 is 69.0 Å². The van der Waals surface area contributed by atoms with Gasteiger partial charge in [-0.3, -0.25) is 14.5 Å². The third-order valence-electron chi connectivity index (χ3n) is 5.86. The molecule has 5 heterocycles. The van der Waals surface area contributed by atoms with Gasteiger partial charge in [-0.2, -0.15) is 0 Å². The number of nitrogens with two attached hydrogens (primary N) is 1. The molecular weight excluding hydrogens is 544 g/mol. The van der Waals surface area contributed by atoms with Crippen molar-refractivity contribution < 1.29 is 28.9 Å². The van der Waals surface area contributed by atoms with Crippen LogP contribution in [-0.4, -0.2) is 72.4 Å². The molecule has 0 aromatic carbocycles. The molecule has 0 unspecified atom stereocenters. The van der Waals surface area contributed by atoms with Crippen LogP contribution in [0.4, 0.5) is 5.13 Å². The number of carbonyl (C=O) groups excluding carboxylic acids is 2. The molecule has 0 spiro atoms. The van der Waals surface area contributed by atoms with Gasteiger partial charge in [0, 0.05) is 22.5 Å². The first kappa shape index (κ1) is 25.0. The fourth-order valence-corrected chi connectivity index (χ4v) is 6.49. The number of carboxylic acid groups (broad SMARTS) is 1. The summed E-state index contributed by atoms with van der Waals surface area (Å²) in [4.78, 5) is 48.3. The minimum atomic E-state index is -1.22. The summed E-state index contributed by atoms with van der Waals surface area (Å²) < 4.78 is 3.71. The second-order valence-corrected chi connectivity index (χ2v) is 10.8. The Bertz CT molecular complexity index is 1520. The van der Waals surface area contributed by atoms with Gasteiger partial charge in [0.05, 0.1) is 6.54 Å². The lowest BCUT2D eigenvalue weighted by Gasteiger charge is -2.49. The monoisotopic (exact) mass is 563 g/mol. The Morgan fingerprint density at radius 2 is 2.22 bits per heavy atom. The number of carboxylic acids is 1. The summed E-state index contributed by atoms with van der Waals surface area (Å²) in [6, 6.07) is 4.71. The van der Waals surface area contributed by atoms with Crippen LogP contribution >= 0.6 is 34.7 Å². The lowest BCUT2D eigenvalue weighted by Crippen LogP contribution is -2.71. The molecule has 13 nitrogen and oxygen atoms in total. The normalized spacial score (nSPS) is 19.6. The van der Waals surface area contributed by atoms with E-state index in [2.05, 4.69) is 20.6 Å². The molecule has 2 atom stereocenters. The van der Waals surface area contributed by atoms with E-state index in [1.54, 1.807) is 10.8 Å². The second-order valence-electron chi connectivity index (χ2n) is 8.11. The van der Waals surface area contributed by atoms with Crippen LogP contribution < -0.4 is 15.6 Å². The first-order chi connectivity index (χ1) is 17.7. The number of fused-ring (bicyclic) bond motifs is 2. The molecule has 37 heavy (non-hydrogen) atoms. The van der Waals surface area contributed by atoms with Gasteiger partial charge < -0.3 is 21.0 Å². The van der Waals surface area contributed by atoms with Crippen molar-refractivity contribution in [3.63, 3.8) is 0 Å². The van der Waals surface area contributed by atoms with Gasteiger partial charge in [0.15, 0.2) is 10.8 Å². The van der Waals surface area contributed by atoms with Gasteiger partial charge in [0.25, 0.3) is 23.8 Å². The lowest BCUT2D eigenvalue weighted by atomic mass is 10.0. The molecule has 0 radical (unpaired) electrons. The average molecular weight is 564 g/mol. The van der Waals surface area contributed by atoms with E-state index < -0.39 is 29.2 Å². The number of nitrogens with zero attached hydrogens (tertiary/aromatic N) is 6. The van der Waals surface area contributed by atoms with Gasteiger partial charge in [-0.1, -0.05) is 38.7 Å². The summed E-state index contributed by atoms with van der Waals surface area (Å²) in [6.45, 7) is 2.16. The van der Waals surface area contributed by atoms with Gasteiger partial charge in [0.1, 0.15) is 39.9 Å².